The lowest BCUT2D eigenvalue weighted by Gasteiger charge is -1.98. The first-order valence-electron chi connectivity index (χ1n) is 3.72. The number of benzene rings is 1. The van der Waals surface area contributed by atoms with Gasteiger partial charge in [-0.25, -0.2) is 0 Å². The molecule has 0 unspecified atom stereocenters. The fourth-order valence-electron chi connectivity index (χ4n) is 1.24. The van der Waals surface area contributed by atoms with Crippen LogP contribution in [0, 0.1) is 3.57 Å². The molecule has 0 atom stereocenters. The largest absolute Gasteiger partial charge is 0.505 e. The molecule has 2 aromatic rings. The van der Waals surface area contributed by atoms with Gasteiger partial charge in [0.1, 0.15) is 5.75 Å². The second kappa shape index (κ2) is 3.43. The summed E-state index contributed by atoms with van der Waals surface area (Å²) < 4.78 is 1.70. The fraction of sp³-hybridized carbons (Fsp3) is 0.111. The predicted octanol–water partition coefficient (Wildman–Crippen LogP) is 2.70. The Hall–Kier alpha value is -0.330. The van der Waals surface area contributed by atoms with Crippen LogP contribution in [0.1, 0.15) is 5.56 Å². The SMILES string of the molecule is OCc1csc2c(O)c(I)ccc12. The Bertz CT molecular complexity index is 450. The number of phenolic OH excluding ortho intramolecular Hbond substituents is 1. The second-order valence-corrected chi connectivity index (χ2v) is 4.73. The van der Waals surface area contributed by atoms with Crippen LogP contribution in [0.3, 0.4) is 0 Å². The Morgan fingerprint density at radius 2 is 2.15 bits per heavy atom. The highest BCUT2D eigenvalue weighted by atomic mass is 127. The van der Waals surface area contributed by atoms with E-state index < -0.39 is 0 Å². The van der Waals surface area contributed by atoms with E-state index in [1.807, 2.05) is 17.5 Å². The first-order chi connectivity index (χ1) is 6.24. The van der Waals surface area contributed by atoms with Crippen molar-refractivity contribution in [1.82, 2.24) is 0 Å². The van der Waals surface area contributed by atoms with E-state index in [2.05, 4.69) is 22.6 Å². The van der Waals surface area contributed by atoms with Crippen LogP contribution in [0.4, 0.5) is 0 Å². The van der Waals surface area contributed by atoms with Crippen LogP contribution in [0.2, 0.25) is 0 Å². The molecule has 2 nitrogen and oxygen atoms in total. The zero-order valence-electron chi connectivity index (χ0n) is 6.62. The molecule has 1 aromatic heterocycles. The van der Waals surface area contributed by atoms with Crippen LogP contribution in [0.15, 0.2) is 17.5 Å². The number of thiophene rings is 1. The molecule has 0 aliphatic heterocycles. The summed E-state index contributed by atoms with van der Waals surface area (Å²) in [5, 5.41) is 21.5. The molecule has 0 radical (unpaired) electrons. The fourth-order valence-corrected chi connectivity index (χ4v) is 2.88. The Morgan fingerprint density at radius 1 is 1.38 bits per heavy atom. The summed E-state index contributed by atoms with van der Waals surface area (Å²) in [6.45, 7) is 0.0278. The predicted molar refractivity (Wildman–Crippen MR) is 62.1 cm³/mol. The maximum atomic E-state index is 9.69. The monoisotopic (exact) mass is 306 g/mol. The number of hydrogen-bond donors (Lipinski definition) is 2. The van der Waals surface area contributed by atoms with Crippen LogP contribution in [0.25, 0.3) is 10.1 Å². The molecule has 0 aliphatic carbocycles. The zero-order chi connectivity index (χ0) is 9.42. The molecule has 2 N–H and O–H groups in total. The molecular formula is C9H7IO2S. The summed E-state index contributed by atoms with van der Waals surface area (Å²) in [6, 6.07) is 3.78. The van der Waals surface area contributed by atoms with Crippen LogP contribution >= 0.6 is 33.9 Å². The van der Waals surface area contributed by atoms with Crippen LogP contribution in [0.5, 0.6) is 5.75 Å². The minimum absolute atomic E-state index is 0.0278. The molecule has 1 heterocycles. The van der Waals surface area contributed by atoms with Crippen molar-refractivity contribution in [3.63, 3.8) is 0 Å². The summed E-state index contributed by atoms with van der Waals surface area (Å²) in [5.41, 5.74) is 0.881. The van der Waals surface area contributed by atoms with Gasteiger partial charge in [0.05, 0.1) is 14.9 Å². The molecule has 0 aliphatic rings. The van der Waals surface area contributed by atoms with Crippen molar-refractivity contribution in [3.05, 3.63) is 26.6 Å². The molecule has 0 saturated carbocycles. The maximum Gasteiger partial charge on any atom is 0.146 e. The number of phenols is 1. The van der Waals surface area contributed by atoms with Crippen LogP contribution in [-0.2, 0) is 6.61 Å². The third kappa shape index (κ3) is 1.43. The van der Waals surface area contributed by atoms with E-state index in [9.17, 15) is 5.11 Å². The van der Waals surface area contributed by atoms with E-state index in [0.717, 1.165) is 19.2 Å². The van der Waals surface area contributed by atoms with Crippen molar-refractivity contribution < 1.29 is 10.2 Å². The molecule has 0 saturated heterocycles. The van der Waals surface area contributed by atoms with E-state index in [0.29, 0.717) is 5.75 Å². The number of hydrogen-bond acceptors (Lipinski definition) is 3. The van der Waals surface area contributed by atoms with E-state index in [1.165, 1.54) is 11.3 Å². The van der Waals surface area contributed by atoms with E-state index in [1.54, 1.807) is 0 Å². The molecule has 4 heteroatoms. The van der Waals surface area contributed by atoms with E-state index >= 15 is 0 Å². The van der Waals surface area contributed by atoms with Gasteiger partial charge >= 0.3 is 0 Å². The average molecular weight is 306 g/mol. The van der Waals surface area contributed by atoms with Crippen LogP contribution in [-0.4, -0.2) is 10.2 Å². The Labute approximate surface area is 93.0 Å². The highest BCUT2D eigenvalue weighted by Gasteiger charge is 2.08. The first-order valence-corrected chi connectivity index (χ1v) is 5.68. The molecule has 13 heavy (non-hydrogen) atoms. The molecule has 68 valence electrons. The van der Waals surface area contributed by atoms with Crippen molar-refractivity contribution in [2.45, 2.75) is 6.61 Å². The van der Waals surface area contributed by atoms with E-state index in [-0.39, 0.29) is 6.61 Å². The Kier molecular flexibility index (Phi) is 2.44. The Balaban J connectivity index is 2.81. The second-order valence-electron chi connectivity index (χ2n) is 2.69. The zero-order valence-corrected chi connectivity index (χ0v) is 9.59. The van der Waals surface area contributed by atoms with Gasteiger partial charge in [-0.2, -0.15) is 0 Å². The number of halogens is 1. The number of fused-ring (bicyclic) bond motifs is 1. The lowest BCUT2D eigenvalue weighted by Crippen LogP contribution is -1.79. The van der Waals surface area contributed by atoms with Crippen molar-refractivity contribution in [2.24, 2.45) is 0 Å². The average Bonchev–Trinajstić information content (AvgIpc) is 2.55. The lowest BCUT2D eigenvalue weighted by molar-refractivity contribution is 0.284. The number of aromatic hydroxyl groups is 1. The topological polar surface area (TPSA) is 40.5 Å². The van der Waals surface area contributed by atoms with Gasteiger partial charge in [0, 0.05) is 5.39 Å². The van der Waals surface area contributed by atoms with Gasteiger partial charge in [-0.15, -0.1) is 11.3 Å². The van der Waals surface area contributed by atoms with Gasteiger partial charge in [-0.05, 0) is 39.6 Å². The summed E-state index contributed by atoms with van der Waals surface area (Å²) in [7, 11) is 0. The molecule has 0 bridgehead atoms. The number of aliphatic hydroxyl groups is 1. The lowest BCUT2D eigenvalue weighted by atomic mass is 10.2. The highest BCUT2D eigenvalue weighted by molar-refractivity contribution is 14.1. The smallest absolute Gasteiger partial charge is 0.146 e. The van der Waals surface area contributed by atoms with Gasteiger partial charge in [0.25, 0.3) is 0 Å². The summed E-state index contributed by atoms with van der Waals surface area (Å²) in [5.74, 6) is 0.322. The molecule has 2 rings (SSSR count). The number of aliphatic hydroxyl groups excluding tert-OH is 1. The summed E-state index contributed by atoms with van der Waals surface area (Å²) >= 11 is 3.55. The van der Waals surface area contributed by atoms with Gasteiger partial charge in [0.15, 0.2) is 0 Å². The van der Waals surface area contributed by atoms with Crippen LogP contribution < -0.4 is 0 Å². The minimum atomic E-state index is 0.0278. The van der Waals surface area contributed by atoms with Crippen molar-refractivity contribution >= 4 is 44.0 Å². The number of rotatable bonds is 1. The first kappa shape index (κ1) is 9.23. The minimum Gasteiger partial charge on any atom is -0.505 e. The molecule has 0 spiro atoms. The molecular weight excluding hydrogens is 299 g/mol. The van der Waals surface area contributed by atoms with Gasteiger partial charge < -0.3 is 10.2 Å². The van der Waals surface area contributed by atoms with Gasteiger partial charge in [0.2, 0.25) is 0 Å². The molecule has 1 aromatic carbocycles. The summed E-state index contributed by atoms with van der Waals surface area (Å²) in [4.78, 5) is 0. The summed E-state index contributed by atoms with van der Waals surface area (Å²) in [6.07, 6.45) is 0. The molecule has 0 fully saturated rings. The van der Waals surface area contributed by atoms with Gasteiger partial charge in [-0.1, -0.05) is 6.07 Å². The van der Waals surface area contributed by atoms with E-state index in [4.69, 9.17) is 5.11 Å². The highest BCUT2D eigenvalue weighted by Crippen LogP contribution is 2.36. The quantitative estimate of drug-likeness (QED) is 0.795. The van der Waals surface area contributed by atoms with Crippen molar-refractivity contribution in [3.8, 4) is 5.75 Å². The third-order valence-electron chi connectivity index (χ3n) is 1.92. The van der Waals surface area contributed by atoms with Crippen molar-refractivity contribution in [1.29, 1.82) is 0 Å². The third-order valence-corrected chi connectivity index (χ3v) is 3.84. The Morgan fingerprint density at radius 3 is 2.85 bits per heavy atom. The normalized spacial score (nSPS) is 10.9. The van der Waals surface area contributed by atoms with Gasteiger partial charge in [-0.3, -0.25) is 0 Å². The maximum absolute atomic E-state index is 9.69. The molecule has 0 amide bonds. The standard InChI is InChI=1S/C9H7IO2S/c10-7-2-1-6-5(3-11)4-13-9(6)8(7)12/h1-2,4,11-12H,3H2. The van der Waals surface area contributed by atoms with Crippen molar-refractivity contribution in [2.75, 3.05) is 0 Å².